The number of rotatable bonds is 5. The summed E-state index contributed by atoms with van der Waals surface area (Å²) in [4.78, 5) is 14.4. The minimum atomic E-state index is -0.411. The molecule has 1 atom stereocenters. The molecule has 2 N–H and O–H groups in total. The lowest BCUT2D eigenvalue weighted by molar-refractivity contribution is 0.228. The average Bonchev–Trinajstić information content (AvgIpc) is 2.54. The van der Waals surface area contributed by atoms with Gasteiger partial charge in [0.2, 0.25) is 0 Å². The molecule has 1 aromatic carbocycles. The topological polar surface area (TPSA) is 53.6 Å². The lowest BCUT2D eigenvalue weighted by Crippen LogP contribution is -2.54. The Morgan fingerprint density at radius 2 is 2.26 bits per heavy atom. The Labute approximate surface area is 138 Å². The lowest BCUT2D eigenvalue weighted by Gasteiger charge is -2.35. The van der Waals surface area contributed by atoms with Gasteiger partial charge in [0.15, 0.2) is 0 Å². The van der Waals surface area contributed by atoms with Crippen molar-refractivity contribution in [2.24, 2.45) is 0 Å². The normalized spacial score (nSPS) is 18.2. The SMILES string of the molecule is C=CC(C)(C)NC(=O)NC1CCCN(c2cccc(OC)c2)C1. The zero-order valence-corrected chi connectivity index (χ0v) is 14.3. The third-order valence-corrected chi connectivity index (χ3v) is 4.12. The Morgan fingerprint density at radius 1 is 1.48 bits per heavy atom. The van der Waals surface area contributed by atoms with E-state index in [0.717, 1.165) is 37.4 Å². The molecule has 2 rings (SSSR count). The molecule has 2 amide bonds. The minimum absolute atomic E-state index is 0.135. The molecule has 5 heteroatoms. The second kappa shape index (κ2) is 7.40. The van der Waals surface area contributed by atoms with Gasteiger partial charge in [-0.15, -0.1) is 6.58 Å². The minimum Gasteiger partial charge on any atom is -0.497 e. The summed E-state index contributed by atoms with van der Waals surface area (Å²) in [5.74, 6) is 0.850. The summed E-state index contributed by atoms with van der Waals surface area (Å²) in [6.07, 6.45) is 3.77. The first kappa shape index (κ1) is 17.2. The summed E-state index contributed by atoms with van der Waals surface area (Å²) in [6, 6.07) is 8.02. The number of amides is 2. The van der Waals surface area contributed by atoms with Crippen molar-refractivity contribution in [3.63, 3.8) is 0 Å². The molecule has 0 aromatic heterocycles. The number of nitrogens with zero attached hydrogens (tertiary/aromatic N) is 1. The van der Waals surface area contributed by atoms with Gasteiger partial charge in [0, 0.05) is 30.9 Å². The summed E-state index contributed by atoms with van der Waals surface area (Å²) >= 11 is 0. The smallest absolute Gasteiger partial charge is 0.315 e. The van der Waals surface area contributed by atoms with Crippen molar-refractivity contribution < 1.29 is 9.53 Å². The van der Waals surface area contributed by atoms with Crippen LogP contribution in [0.25, 0.3) is 0 Å². The van der Waals surface area contributed by atoms with Gasteiger partial charge in [0.05, 0.1) is 12.6 Å². The van der Waals surface area contributed by atoms with Gasteiger partial charge in [0.25, 0.3) is 0 Å². The highest BCUT2D eigenvalue weighted by atomic mass is 16.5. The van der Waals surface area contributed by atoms with Gasteiger partial charge in [-0.1, -0.05) is 12.1 Å². The Kier molecular flexibility index (Phi) is 5.53. The van der Waals surface area contributed by atoms with E-state index in [0.29, 0.717) is 0 Å². The number of anilines is 1. The Hall–Kier alpha value is -2.17. The number of benzene rings is 1. The number of methoxy groups -OCH3 is 1. The zero-order chi connectivity index (χ0) is 16.9. The summed E-state index contributed by atoms with van der Waals surface area (Å²) < 4.78 is 5.29. The van der Waals surface area contributed by atoms with Crippen LogP contribution in [0.15, 0.2) is 36.9 Å². The van der Waals surface area contributed by atoms with Crippen molar-refractivity contribution in [1.82, 2.24) is 10.6 Å². The molecule has 0 saturated carbocycles. The first-order valence-corrected chi connectivity index (χ1v) is 8.05. The van der Waals surface area contributed by atoms with Crippen LogP contribution < -0.4 is 20.3 Å². The van der Waals surface area contributed by atoms with Crippen LogP contribution in [-0.4, -0.2) is 37.8 Å². The second-order valence-electron chi connectivity index (χ2n) is 6.51. The van der Waals surface area contributed by atoms with Crippen LogP contribution in [0.2, 0.25) is 0 Å². The fourth-order valence-corrected chi connectivity index (χ4v) is 2.70. The van der Waals surface area contributed by atoms with E-state index in [2.05, 4.69) is 28.2 Å². The zero-order valence-electron chi connectivity index (χ0n) is 14.3. The van der Waals surface area contributed by atoms with E-state index in [-0.39, 0.29) is 12.1 Å². The van der Waals surface area contributed by atoms with Crippen LogP contribution in [-0.2, 0) is 0 Å². The molecule has 0 spiro atoms. The molecule has 23 heavy (non-hydrogen) atoms. The van der Waals surface area contributed by atoms with Crippen molar-refractivity contribution in [2.45, 2.75) is 38.3 Å². The van der Waals surface area contributed by atoms with Gasteiger partial charge >= 0.3 is 6.03 Å². The number of ether oxygens (including phenoxy) is 1. The van der Waals surface area contributed by atoms with Crippen LogP contribution >= 0.6 is 0 Å². The van der Waals surface area contributed by atoms with Gasteiger partial charge in [-0.3, -0.25) is 0 Å². The molecule has 1 unspecified atom stereocenters. The maximum Gasteiger partial charge on any atom is 0.315 e. The maximum absolute atomic E-state index is 12.1. The molecule has 1 aliphatic rings. The molecule has 1 fully saturated rings. The standard InChI is InChI=1S/C18H27N3O2/c1-5-18(2,3)20-17(22)19-14-8-7-11-21(13-14)15-9-6-10-16(12-15)23-4/h5-6,9-10,12,14H,1,7-8,11,13H2,2-4H3,(H2,19,20,22). The van der Waals surface area contributed by atoms with Gasteiger partial charge < -0.3 is 20.3 Å². The van der Waals surface area contributed by atoms with Crippen LogP contribution in [0.3, 0.4) is 0 Å². The molecule has 126 valence electrons. The number of carbonyl (C=O) groups excluding carboxylic acids is 1. The monoisotopic (exact) mass is 317 g/mol. The third-order valence-electron chi connectivity index (χ3n) is 4.12. The predicted molar refractivity (Wildman–Crippen MR) is 94.2 cm³/mol. The Bertz CT molecular complexity index is 557. The quantitative estimate of drug-likeness (QED) is 0.821. The number of hydrogen-bond donors (Lipinski definition) is 2. The summed E-state index contributed by atoms with van der Waals surface area (Å²) in [7, 11) is 1.67. The van der Waals surface area contributed by atoms with Gasteiger partial charge in [-0.05, 0) is 38.8 Å². The van der Waals surface area contributed by atoms with Crippen LogP contribution in [0.1, 0.15) is 26.7 Å². The van der Waals surface area contributed by atoms with Crippen molar-refractivity contribution in [3.8, 4) is 5.75 Å². The number of piperidine rings is 1. The van der Waals surface area contributed by atoms with E-state index in [1.54, 1.807) is 13.2 Å². The molecule has 1 aliphatic heterocycles. The molecular weight excluding hydrogens is 290 g/mol. The van der Waals surface area contributed by atoms with Crippen molar-refractivity contribution in [1.29, 1.82) is 0 Å². The molecule has 1 aromatic rings. The third kappa shape index (κ3) is 4.91. The number of hydrogen-bond acceptors (Lipinski definition) is 3. The molecule has 1 saturated heterocycles. The average molecular weight is 317 g/mol. The molecular formula is C18H27N3O2. The van der Waals surface area contributed by atoms with Gasteiger partial charge in [-0.25, -0.2) is 4.79 Å². The van der Waals surface area contributed by atoms with Gasteiger partial charge in [0.1, 0.15) is 5.75 Å². The second-order valence-corrected chi connectivity index (χ2v) is 6.51. The van der Waals surface area contributed by atoms with E-state index >= 15 is 0 Å². The summed E-state index contributed by atoms with van der Waals surface area (Å²) in [6.45, 7) is 9.37. The highest BCUT2D eigenvalue weighted by molar-refractivity contribution is 5.75. The van der Waals surface area contributed by atoms with Crippen LogP contribution in [0.5, 0.6) is 5.75 Å². The maximum atomic E-state index is 12.1. The van der Waals surface area contributed by atoms with Crippen LogP contribution in [0.4, 0.5) is 10.5 Å². The lowest BCUT2D eigenvalue weighted by atomic mass is 10.0. The predicted octanol–water partition coefficient (Wildman–Crippen LogP) is 2.93. The highest BCUT2D eigenvalue weighted by Crippen LogP contribution is 2.24. The Morgan fingerprint density at radius 3 is 2.96 bits per heavy atom. The summed E-state index contributed by atoms with van der Waals surface area (Å²) in [5.41, 5.74) is 0.716. The van der Waals surface area contributed by atoms with E-state index in [4.69, 9.17) is 4.74 Å². The fourth-order valence-electron chi connectivity index (χ4n) is 2.70. The van der Waals surface area contributed by atoms with Crippen molar-refractivity contribution >= 4 is 11.7 Å². The number of nitrogens with one attached hydrogen (secondary N) is 2. The number of carbonyl (C=O) groups is 1. The van der Waals surface area contributed by atoms with Crippen molar-refractivity contribution in [3.05, 3.63) is 36.9 Å². The molecule has 0 bridgehead atoms. The largest absolute Gasteiger partial charge is 0.497 e. The molecule has 0 aliphatic carbocycles. The summed E-state index contributed by atoms with van der Waals surface area (Å²) in [5, 5.41) is 5.99. The molecule has 5 nitrogen and oxygen atoms in total. The first-order chi connectivity index (χ1) is 10.9. The fraction of sp³-hybridized carbons (Fsp3) is 0.500. The Balaban J connectivity index is 1.95. The molecule has 1 heterocycles. The first-order valence-electron chi connectivity index (χ1n) is 8.05. The van der Waals surface area contributed by atoms with E-state index in [9.17, 15) is 4.79 Å². The van der Waals surface area contributed by atoms with E-state index in [1.165, 1.54) is 0 Å². The highest BCUT2D eigenvalue weighted by Gasteiger charge is 2.23. The van der Waals surface area contributed by atoms with Crippen molar-refractivity contribution in [2.75, 3.05) is 25.1 Å². The van der Waals surface area contributed by atoms with Crippen LogP contribution in [0, 0.1) is 0 Å². The number of urea groups is 1. The van der Waals surface area contributed by atoms with E-state index < -0.39 is 5.54 Å². The van der Waals surface area contributed by atoms with E-state index in [1.807, 2.05) is 32.0 Å². The van der Waals surface area contributed by atoms with Gasteiger partial charge in [-0.2, -0.15) is 0 Å². The molecule has 0 radical (unpaired) electrons.